The zero-order chi connectivity index (χ0) is 20.6. The Hall–Kier alpha value is -3.72. The number of hydrogen-bond donors (Lipinski definition) is 2. The van der Waals surface area contributed by atoms with E-state index in [1.807, 2.05) is 48.5 Å². The topological polar surface area (TPSA) is 33.3 Å². The number of benzene rings is 4. The summed E-state index contributed by atoms with van der Waals surface area (Å²) in [6.45, 7) is 4.57. The molecule has 0 radical (unpaired) electrons. The van der Waals surface area contributed by atoms with Crippen LogP contribution in [-0.4, -0.2) is 0 Å². The molecule has 2 N–H and O–H groups in total. The molecule has 0 fully saturated rings. The van der Waals surface area contributed by atoms with Crippen molar-refractivity contribution < 1.29 is 4.74 Å². The maximum absolute atomic E-state index is 5.71. The average Bonchev–Trinajstić information content (AvgIpc) is 2.78. The molecule has 0 aromatic heterocycles. The zero-order valence-corrected chi connectivity index (χ0v) is 17.1. The van der Waals surface area contributed by atoms with E-state index >= 15 is 0 Å². The summed E-state index contributed by atoms with van der Waals surface area (Å²) >= 11 is 0. The van der Waals surface area contributed by atoms with Crippen LogP contribution >= 0.6 is 0 Å². The van der Waals surface area contributed by atoms with Crippen molar-refractivity contribution in [2.45, 2.75) is 19.3 Å². The van der Waals surface area contributed by atoms with Crippen LogP contribution in [0.4, 0.5) is 22.7 Å². The second kappa shape index (κ2) is 7.27. The molecule has 0 unspecified atom stereocenters. The van der Waals surface area contributed by atoms with E-state index in [9.17, 15) is 0 Å². The van der Waals surface area contributed by atoms with Crippen LogP contribution in [0.2, 0.25) is 0 Å². The van der Waals surface area contributed by atoms with E-state index in [2.05, 4.69) is 73.0 Å². The van der Waals surface area contributed by atoms with E-state index in [1.54, 1.807) is 0 Å². The van der Waals surface area contributed by atoms with Crippen molar-refractivity contribution in [3.8, 4) is 11.5 Å². The first-order valence-corrected chi connectivity index (χ1v) is 10.2. The van der Waals surface area contributed by atoms with E-state index in [0.29, 0.717) is 0 Å². The summed E-state index contributed by atoms with van der Waals surface area (Å²) in [6, 6.07) is 32.9. The molecule has 2 aliphatic heterocycles. The van der Waals surface area contributed by atoms with Gasteiger partial charge in [0.05, 0.1) is 11.4 Å². The molecule has 0 saturated carbocycles. The van der Waals surface area contributed by atoms with E-state index in [0.717, 1.165) is 22.9 Å². The van der Waals surface area contributed by atoms with Gasteiger partial charge in [0, 0.05) is 16.8 Å². The second-order valence-corrected chi connectivity index (χ2v) is 8.06. The Kier molecular flexibility index (Phi) is 4.44. The number of para-hydroxylation sites is 6. The van der Waals surface area contributed by atoms with Gasteiger partial charge in [0.2, 0.25) is 0 Å². The Bertz CT molecular complexity index is 1080. The predicted octanol–water partition coefficient (Wildman–Crippen LogP) is 7.61. The summed E-state index contributed by atoms with van der Waals surface area (Å²) in [6.07, 6.45) is 0. The summed E-state index contributed by atoms with van der Waals surface area (Å²) < 4.78 is 5.71. The van der Waals surface area contributed by atoms with Crippen molar-refractivity contribution in [3.63, 3.8) is 0 Å². The molecule has 0 aliphatic carbocycles. The number of nitrogens with one attached hydrogen (secondary N) is 2. The summed E-state index contributed by atoms with van der Waals surface area (Å²) in [5, 5.41) is 6.81. The molecule has 0 saturated heterocycles. The van der Waals surface area contributed by atoms with Crippen LogP contribution in [0.1, 0.15) is 25.0 Å². The average molecular weight is 393 g/mol. The van der Waals surface area contributed by atoms with Gasteiger partial charge in [-0.3, -0.25) is 0 Å². The fraction of sp³-hybridized carbons (Fsp3) is 0.111. The summed E-state index contributed by atoms with van der Waals surface area (Å²) in [4.78, 5) is 0. The molecule has 3 heteroatoms. The molecule has 0 bridgehead atoms. The normalized spacial score (nSPS) is 14.1. The highest BCUT2D eigenvalue weighted by atomic mass is 16.5. The Morgan fingerprint density at radius 3 is 1.37 bits per heavy atom. The van der Waals surface area contributed by atoms with E-state index in [-0.39, 0.29) is 5.41 Å². The molecule has 6 rings (SSSR count). The number of fused-ring (bicyclic) bond motifs is 4. The van der Waals surface area contributed by atoms with Gasteiger partial charge in [-0.05, 0) is 47.5 Å². The quantitative estimate of drug-likeness (QED) is 0.284. The third-order valence-electron chi connectivity index (χ3n) is 5.73. The largest absolute Gasteiger partial charge is 0.453 e. The molecule has 148 valence electrons. The van der Waals surface area contributed by atoms with E-state index < -0.39 is 0 Å². The number of rotatable bonds is 0. The smallest absolute Gasteiger partial charge is 0.150 e. The SMILES string of the molecule is CC1(C)c2ccccc2Nc2ccccc21.c1ccc2c(c1)Nc1ccccc1O2. The maximum Gasteiger partial charge on any atom is 0.150 e. The van der Waals surface area contributed by atoms with Crippen LogP contribution in [0.15, 0.2) is 97.1 Å². The third-order valence-corrected chi connectivity index (χ3v) is 5.73. The van der Waals surface area contributed by atoms with Gasteiger partial charge >= 0.3 is 0 Å². The van der Waals surface area contributed by atoms with Gasteiger partial charge in [-0.15, -0.1) is 0 Å². The van der Waals surface area contributed by atoms with Crippen LogP contribution in [0.5, 0.6) is 11.5 Å². The zero-order valence-electron chi connectivity index (χ0n) is 17.1. The van der Waals surface area contributed by atoms with Crippen LogP contribution in [0.3, 0.4) is 0 Å². The maximum atomic E-state index is 5.71. The van der Waals surface area contributed by atoms with Crippen molar-refractivity contribution in [1.29, 1.82) is 0 Å². The van der Waals surface area contributed by atoms with Gasteiger partial charge in [0.25, 0.3) is 0 Å². The molecule has 0 amide bonds. The van der Waals surface area contributed by atoms with Crippen LogP contribution in [0.25, 0.3) is 0 Å². The van der Waals surface area contributed by atoms with Gasteiger partial charge < -0.3 is 15.4 Å². The van der Waals surface area contributed by atoms with Gasteiger partial charge in [-0.1, -0.05) is 74.5 Å². The van der Waals surface area contributed by atoms with Gasteiger partial charge in [0.15, 0.2) is 11.5 Å². The first kappa shape index (κ1) is 18.3. The first-order chi connectivity index (χ1) is 14.6. The van der Waals surface area contributed by atoms with Crippen molar-refractivity contribution in [2.75, 3.05) is 10.6 Å². The molecule has 4 aromatic rings. The van der Waals surface area contributed by atoms with E-state index in [1.165, 1.54) is 22.5 Å². The highest BCUT2D eigenvalue weighted by molar-refractivity contribution is 5.76. The fourth-order valence-corrected chi connectivity index (χ4v) is 4.15. The minimum atomic E-state index is 0.0818. The molecule has 0 spiro atoms. The number of hydrogen-bond acceptors (Lipinski definition) is 3. The summed E-state index contributed by atoms with van der Waals surface area (Å²) in [5.41, 5.74) is 7.32. The van der Waals surface area contributed by atoms with Crippen LogP contribution < -0.4 is 15.4 Å². The lowest BCUT2D eigenvalue weighted by molar-refractivity contribution is 0.481. The Balaban J connectivity index is 0.000000130. The van der Waals surface area contributed by atoms with Crippen molar-refractivity contribution in [3.05, 3.63) is 108 Å². The monoisotopic (exact) mass is 392 g/mol. The number of ether oxygens (including phenoxy) is 1. The Morgan fingerprint density at radius 2 is 0.867 bits per heavy atom. The molecule has 3 nitrogen and oxygen atoms in total. The second-order valence-electron chi connectivity index (χ2n) is 8.06. The summed E-state index contributed by atoms with van der Waals surface area (Å²) in [5.74, 6) is 1.76. The molecule has 0 atom stereocenters. The minimum Gasteiger partial charge on any atom is -0.453 e. The van der Waals surface area contributed by atoms with Crippen molar-refractivity contribution in [1.82, 2.24) is 0 Å². The molecule has 2 heterocycles. The van der Waals surface area contributed by atoms with Crippen molar-refractivity contribution >= 4 is 22.7 Å². The van der Waals surface area contributed by atoms with Gasteiger partial charge in [-0.25, -0.2) is 0 Å². The molecule has 30 heavy (non-hydrogen) atoms. The summed E-state index contributed by atoms with van der Waals surface area (Å²) in [7, 11) is 0. The van der Waals surface area contributed by atoms with Gasteiger partial charge in [-0.2, -0.15) is 0 Å². The van der Waals surface area contributed by atoms with Crippen LogP contribution in [-0.2, 0) is 5.41 Å². The highest BCUT2D eigenvalue weighted by Crippen LogP contribution is 2.44. The molecule has 4 aromatic carbocycles. The molecule has 2 aliphatic rings. The van der Waals surface area contributed by atoms with E-state index in [4.69, 9.17) is 4.74 Å². The molecular weight excluding hydrogens is 368 g/mol. The lowest BCUT2D eigenvalue weighted by Gasteiger charge is -2.35. The molecular formula is C27H24N2O. The van der Waals surface area contributed by atoms with Crippen molar-refractivity contribution in [2.24, 2.45) is 0 Å². The Morgan fingerprint density at radius 1 is 0.500 bits per heavy atom. The fourth-order valence-electron chi connectivity index (χ4n) is 4.15. The predicted molar refractivity (Wildman–Crippen MR) is 125 cm³/mol. The highest BCUT2D eigenvalue weighted by Gasteiger charge is 2.31. The number of anilines is 4. The van der Waals surface area contributed by atoms with Gasteiger partial charge in [0.1, 0.15) is 0 Å². The third kappa shape index (κ3) is 3.18. The van der Waals surface area contributed by atoms with Crippen LogP contribution in [0, 0.1) is 0 Å². The first-order valence-electron chi connectivity index (χ1n) is 10.2. The minimum absolute atomic E-state index is 0.0818. The lowest BCUT2D eigenvalue weighted by Crippen LogP contribution is -2.25. The standard InChI is InChI=1S/C15H15N.C12H9NO/c1-15(2)11-7-3-5-9-13(11)16-14-10-6-4-8-12(14)15;1-3-7-11-9(5-1)13-10-6-2-4-8-12(10)14-11/h3-10,16H,1-2H3;1-8,13H. The Labute approximate surface area is 177 Å². The lowest BCUT2D eigenvalue weighted by atomic mass is 9.74.